The van der Waals surface area contributed by atoms with E-state index in [1.807, 2.05) is 24.3 Å². The molecule has 0 amide bonds. The SMILES string of the molecule is CCOC(=O)c1cc2cc(F)cnc2n2c1nc1ccccc12. The molecule has 23 heavy (non-hydrogen) atoms. The van der Waals surface area contributed by atoms with Gasteiger partial charge in [-0.2, -0.15) is 0 Å². The average molecular weight is 309 g/mol. The molecule has 3 aromatic heterocycles. The molecule has 0 unspecified atom stereocenters. The third-order valence-corrected chi connectivity index (χ3v) is 3.67. The van der Waals surface area contributed by atoms with E-state index in [-0.39, 0.29) is 6.61 Å². The van der Waals surface area contributed by atoms with Crippen LogP contribution in [0.5, 0.6) is 0 Å². The molecule has 114 valence electrons. The molecule has 0 fully saturated rings. The van der Waals surface area contributed by atoms with Crippen molar-refractivity contribution in [2.45, 2.75) is 6.92 Å². The second-order valence-electron chi connectivity index (χ2n) is 5.10. The van der Waals surface area contributed by atoms with Crippen LogP contribution in [0.1, 0.15) is 17.3 Å². The summed E-state index contributed by atoms with van der Waals surface area (Å²) in [5, 5.41) is 0.517. The Morgan fingerprint density at radius 2 is 2.09 bits per heavy atom. The topological polar surface area (TPSA) is 56.5 Å². The number of carbonyl (C=O) groups excluding carboxylic acids is 1. The molecule has 0 saturated carbocycles. The minimum atomic E-state index is -0.487. The maximum absolute atomic E-state index is 13.6. The number of ether oxygens (including phenoxy) is 1. The van der Waals surface area contributed by atoms with Gasteiger partial charge in [0.25, 0.3) is 0 Å². The summed E-state index contributed by atoms with van der Waals surface area (Å²) >= 11 is 0. The molecule has 0 aliphatic rings. The monoisotopic (exact) mass is 309 g/mol. The van der Waals surface area contributed by atoms with Crippen LogP contribution >= 0.6 is 0 Å². The molecule has 4 aromatic rings. The van der Waals surface area contributed by atoms with Crippen molar-refractivity contribution in [1.29, 1.82) is 0 Å². The van der Waals surface area contributed by atoms with E-state index in [1.54, 1.807) is 17.4 Å². The van der Waals surface area contributed by atoms with Gasteiger partial charge in [0.15, 0.2) is 5.65 Å². The quantitative estimate of drug-likeness (QED) is 0.533. The Bertz CT molecular complexity index is 1070. The summed E-state index contributed by atoms with van der Waals surface area (Å²) in [6.45, 7) is 1.99. The highest BCUT2D eigenvalue weighted by Crippen LogP contribution is 2.26. The predicted molar refractivity (Wildman–Crippen MR) is 83.9 cm³/mol. The molecule has 0 N–H and O–H groups in total. The van der Waals surface area contributed by atoms with Gasteiger partial charge >= 0.3 is 5.97 Å². The number of benzene rings is 1. The molecule has 0 atom stereocenters. The molecule has 6 heteroatoms. The van der Waals surface area contributed by atoms with Crippen LogP contribution in [-0.4, -0.2) is 26.9 Å². The lowest BCUT2D eigenvalue weighted by Crippen LogP contribution is -2.08. The van der Waals surface area contributed by atoms with Crippen molar-refractivity contribution in [3.63, 3.8) is 0 Å². The van der Waals surface area contributed by atoms with Crippen LogP contribution < -0.4 is 0 Å². The third-order valence-electron chi connectivity index (χ3n) is 3.67. The van der Waals surface area contributed by atoms with E-state index in [0.29, 0.717) is 22.2 Å². The first-order valence-corrected chi connectivity index (χ1v) is 7.21. The molecule has 0 saturated heterocycles. The Labute approximate surface area is 130 Å². The summed E-state index contributed by atoms with van der Waals surface area (Å²) in [7, 11) is 0. The van der Waals surface area contributed by atoms with E-state index >= 15 is 0 Å². The van der Waals surface area contributed by atoms with Gasteiger partial charge in [0.1, 0.15) is 17.0 Å². The van der Waals surface area contributed by atoms with E-state index in [0.717, 1.165) is 17.2 Å². The molecular formula is C17H12FN3O2. The van der Waals surface area contributed by atoms with Crippen LogP contribution in [0.25, 0.3) is 27.7 Å². The summed E-state index contributed by atoms with van der Waals surface area (Å²) in [6.07, 6.45) is 1.15. The van der Waals surface area contributed by atoms with Crippen LogP contribution in [0.15, 0.2) is 42.6 Å². The highest BCUT2D eigenvalue weighted by atomic mass is 19.1. The lowest BCUT2D eigenvalue weighted by Gasteiger charge is -2.07. The largest absolute Gasteiger partial charge is 0.462 e. The Kier molecular flexibility index (Phi) is 2.97. The van der Waals surface area contributed by atoms with Gasteiger partial charge in [-0.15, -0.1) is 0 Å². The number of hydrogen-bond donors (Lipinski definition) is 0. The summed E-state index contributed by atoms with van der Waals surface area (Å²) in [5.41, 5.74) is 2.83. The number of rotatable bonds is 2. The lowest BCUT2D eigenvalue weighted by atomic mass is 10.2. The number of para-hydroxylation sites is 2. The van der Waals surface area contributed by atoms with E-state index in [1.165, 1.54) is 6.07 Å². The van der Waals surface area contributed by atoms with Gasteiger partial charge in [-0.05, 0) is 31.2 Å². The van der Waals surface area contributed by atoms with Crippen LogP contribution in [0, 0.1) is 5.82 Å². The zero-order valence-corrected chi connectivity index (χ0v) is 12.3. The third kappa shape index (κ3) is 2.03. The summed E-state index contributed by atoms with van der Waals surface area (Å²) in [4.78, 5) is 21.0. The van der Waals surface area contributed by atoms with Gasteiger partial charge in [0.05, 0.1) is 23.8 Å². The molecule has 1 aromatic carbocycles. The van der Waals surface area contributed by atoms with E-state index in [4.69, 9.17) is 4.74 Å². The minimum absolute atomic E-state index is 0.255. The molecule has 5 nitrogen and oxygen atoms in total. The molecule has 0 aliphatic carbocycles. The second-order valence-corrected chi connectivity index (χ2v) is 5.10. The minimum Gasteiger partial charge on any atom is -0.462 e. The van der Waals surface area contributed by atoms with Crippen molar-refractivity contribution in [2.24, 2.45) is 0 Å². The molecule has 3 heterocycles. The zero-order valence-electron chi connectivity index (χ0n) is 12.3. The van der Waals surface area contributed by atoms with Crippen molar-refractivity contribution in [3.8, 4) is 0 Å². The summed E-state index contributed by atoms with van der Waals surface area (Å²) in [6, 6.07) is 10.4. The van der Waals surface area contributed by atoms with Gasteiger partial charge in [-0.3, -0.25) is 4.40 Å². The highest BCUT2D eigenvalue weighted by Gasteiger charge is 2.19. The maximum Gasteiger partial charge on any atom is 0.341 e. The fourth-order valence-electron chi connectivity index (χ4n) is 2.74. The first-order chi connectivity index (χ1) is 11.2. The van der Waals surface area contributed by atoms with E-state index < -0.39 is 11.8 Å². The number of fused-ring (bicyclic) bond motifs is 5. The Hall–Kier alpha value is -3.02. The number of halogens is 1. The van der Waals surface area contributed by atoms with Crippen molar-refractivity contribution in [1.82, 2.24) is 14.4 Å². The number of pyridine rings is 2. The molecule has 0 radical (unpaired) electrons. The van der Waals surface area contributed by atoms with Crippen LogP contribution in [0.3, 0.4) is 0 Å². The highest BCUT2D eigenvalue weighted by molar-refractivity contribution is 6.03. The van der Waals surface area contributed by atoms with Gasteiger partial charge in [-0.25, -0.2) is 19.2 Å². The number of carbonyl (C=O) groups is 1. The standard InChI is InChI=1S/C17H12FN3O2/c1-2-23-17(22)12-8-10-7-11(18)9-19-15(10)21-14-6-4-3-5-13(14)20-16(12)21/h3-9H,2H2,1H3. The van der Waals surface area contributed by atoms with Crippen molar-refractivity contribution >= 4 is 33.7 Å². The van der Waals surface area contributed by atoms with E-state index in [2.05, 4.69) is 9.97 Å². The number of esters is 1. The molecule has 0 bridgehead atoms. The maximum atomic E-state index is 13.6. The first-order valence-electron chi connectivity index (χ1n) is 7.21. The van der Waals surface area contributed by atoms with Gasteiger partial charge in [-0.1, -0.05) is 12.1 Å². The van der Waals surface area contributed by atoms with Crippen LogP contribution in [0.4, 0.5) is 4.39 Å². The number of aromatic nitrogens is 3. The molecule has 0 spiro atoms. The lowest BCUT2D eigenvalue weighted by molar-refractivity contribution is 0.0528. The van der Waals surface area contributed by atoms with Crippen LogP contribution in [-0.2, 0) is 4.74 Å². The predicted octanol–water partition coefficient (Wildman–Crippen LogP) is 3.35. The van der Waals surface area contributed by atoms with Crippen molar-refractivity contribution in [2.75, 3.05) is 6.61 Å². The molecule has 0 aliphatic heterocycles. The van der Waals surface area contributed by atoms with Gasteiger partial charge in [0.2, 0.25) is 0 Å². The zero-order chi connectivity index (χ0) is 16.0. The smallest absolute Gasteiger partial charge is 0.341 e. The van der Waals surface area contributed by atoms with Gasteiger partial charge in [0, 0.05) is 5.39 Å². The second kappa shape index (κ2) is 5.01. The Balaban J connectivity index is 2.21. The first kappa shape index (κ1) is 13.6. The summed E-state index contributed by atoms with van der Waals surface area (Å²) in [5.74, 6) is -0.949. The molecule has 4 rings (SSSR count). The number of nitrogens with zero attached hydrogens (tertiary/aromatic N) is 3. The number of hydrogen-bond acceptors (Lipinski definition) is 4. The normalized spacial score (nSPS) is 11.4. The molecular weight excluding hydrogens is 297 g/mol. The summed E-state index contributed by atoms with van der Waals surface area (Å²) < 4.78 is 20.4. The average Bonchev–Trinajstić information content (AvgIpc) is 2.93. The van der Waals surface area contributed by atoms with Crippen molar-refractivity contribution in [3.05, 3.63) is 54.0 Å². The van der Waals surface area contributed by atoms with E-state index in [9.17, 15) is 9.18 Å². The van der Waals surface area contributed by atoms with Crippen molar-refractivity contribution < 1.29 is 13.9 Å². The Morgan fingerprint density at radius 3 is 2.91 bits per heavy atom. The fourth-order valence-corrected chi connectivity index (χ4v) is 2.74. The Morgan fingerprint density at radius 1 is 1.26 bits per heavy atom. The fraction of sp³-hybridized carbons (Fsp3) is 0.118. The number of imidazole rings is 1. The van der Waals surface area contributed by atoms with Gasteiger partial charge < -0.3 is 4.74 Å². The van der Waals surface area contributed by atoms with Crippen LogP contribution in [0.2, 0.25) is 0 Å².